The van der Waals surface area contributed by atoms with Gasteiger partial charge in [-0.15, -0.1) is 0 Å². The number of carbonyl (C=O) groups excluding carboxylic acids is 1. The largest absolute Gasteiger partial charge is 0.399 e. The molecule has 0 aromatic heterocycles. The second kappa shape index (κ2) is 5.53. The van der Waals surface area contributed by atoms with Crippen molar-refractivity contribution < 1.29 is 17.6 Å². The van der Waals surface area contributed by atoms with Crippen LogP contribution < -0.4 is 11.1 Å². The fraction of sp³-hybridized carbons (Fsp3) is 0.0714. The molecule has 5 nitrogen and oxygen atoms in total. The topological polar surface area (TPSA) is 89.3 Å². The highest BCUT2D eigenvalue weighted by molar-refractivity contribution is 7.90. The molecule has 1 amide bonds. The Morgan fingerprint density at radius 3 is 2.52 bits per heavy atom. The van der Waals surface area contributed by atoms with E-state index in [-0.39, 0.29) is 21.8 Å². The van der Waals surface area contributed by atoms with Gasteiger partial charge in [0.25, 0.3) is 5.91 Å². The van der Waals surface area contributed by atoms with Gasteiger partial charge in [-0.3, -0.25) is 4.79 Å². The van der Waals surface area contributed by atoms with E-state index >= 15 is 0 Å². The summed E-state index contributed by atoms with van der Waals surface area (Å²) in [6.07, 6.45) is 1.05. The van der Waals surface area contributed by atoms with Crippen molar-refractivity contribution >= 4 is 27.1 Å². The van der Waals surface area contributed by atoms with E-state index in [9.17, 15) is 17.6 Å². The van der Waals surface area contributed by atoms with E-state index in [1.165, 1.54) is 30.3 Å². The van der Waals surface area contributed by atoms with Crippen molar-refractivity contribution in [2.75, 3.05) is 17.3 Å². The summed E-state index contributed by atoms with van der Waals surface area (Å²) in [4.78, 5) is 12.1. The van der Waals surface area contributed by atoms with E-state index in [0.717, 1.165) is 18.4 Å². The summed E-state index contributed by atoms with van der Waals surface area (Å²) in [6, 6.07) is 9.23. The van der Waals surface area contributed by atoms with Gasteiger partial charge >= 0.3 is 0 Å². The van der Waals surface area contributed by atoms with Gasteiger partial charge in [-0.2, -0.15) is 0 Å². The first kappa shape index (κ1) is 15.0. The number of nitrogens with two attached hydrogens (primary N) is 1. The van der Waals surface area contributed by atoms with Crippen LogP contribution in [0.15, 0.2) is 47.4 Å². The van der Waals surface area contributed by atoms with Crippen LogP contribution in [-0.2, 0) is 9.84 Å². The monoisotopic (exact) mass is 308 g/mol. The number of halogens is 1. The highest BCUT2D eigenvalue weighted by Gasteiger charge is 2.12. The van der Waals surface area contributed by atoms with E-state index in [2.05, 4.69) is 5.32 Å². The van der Waals surface area contributed by atoms with Crippen molar-refractivity contribution in [1.29, 1.82) is 0 Å². The van der Waals surface area contributed by atoms with E-state index < -0.39 is 21.6 Å². The summed E-state index contributed by atoms with van der Waals surface area (Å²) < 4.78 is 36.1. The minimum absolute atomic E-state index is 0.0360. The quantitative estimate of drug-likeness (QED) is 0.849. The number of benzene rings is 2. The molecule has 0 unspecified atom stereocenters. The third-order valence-corrected chi connectivity index (χ3v) is 3.81. The first-order valence-corrected chi connectivity index (χ1v) is 7.82. The van der Waals surface area contributed by atoms with Crippen molar-refractivity contribution in [2.45, 2.75) is 4.90 Å². The van der Waals surface area contributed by atoms with Crippen molar-refractivity contribution in [3.8, 4) is 0 Å². The van der Waals surface area contributed by atoms with Gasteiger partial charge in [0.2, 0.25) is 0 Å². The standard InChI is InChI=1S/C14H13FN2O3S/c1-21(19,20)13-4-2-3-9(5-13)14(18)17-12-7-10(15)6-11(16)8-12/h2-8H,16H2,1H3,(H,17,18). The zero-order valence-electron chi connectivity index (χ0n) is 11.1. The predicted molar refractivity (Wildman–Crippen MR) is 78.3 cm³/mol. The lowest BCUT2D eigenvalue weighted by Gasteiger charge is -2.07. The molecular weight excluding hydrogens is 295 g/mol. The number of nitrogen functional groups attached to an aromatic ring is 1. The maximum atomic E-state index is 13.2. The normalized spacial score (nSPS) is 11.1. The Labute approximate surface area is 121 Å². The van der Waals surface area contributed by atoms with Crippen LogP contribution in [0, 0.1) is 5.82 Å². The first-order valence-electron chi connectivity index (χ1n) is 5.93. The van der Waals surface area contributed by atoms with Crippen molar-refractivity contribution in [3.63, 3.8) is 0 Å². The van der Waals surface area contributed by atoms with Crippen molar-refractivity contribution in [1.82, 2.24) is 0 Å². The molecule has 2 aromatic carbocycles. The number of rotatable bonds is 3. The zero-order chi connectivity index (χ0) is 15.6. The van der Waals surface area contributed by atoms with Gasteiger partial charge in [0, 0.05) is 23.2 Å². The SMILES string of the molecule is CS(=O)(=O)c1cccc(C(=O)Nc2cc(N)cc(F)c2)c1. The predicted octanol–water partition coefficient (Wildman–Crippen LogP) is 2.06. The number of hydrogen-bond acceptors (Lipinski definition) is 4. The molecule has 3 N–H and O–H groups in total. The maximum Gasteiger partial charge on any atom is 0.255 e. The molecule has 0 atom stereocenters. The second-order valence-electron chi connectivity index (χ2n) is 4.53. The van der Waals surface area contributed by atoms with E-state index in [1.807, 2.05) is 0 Å². The van der Waals surface area contributed by atoms with Gasteiger partial charge in [0.15, 0.2) is 9.84 Å². The van der Waals surface area contributed by atoms with Crippen molar-refractivity contribution in [2.24, 2.45) is 0 Å². The smallest absolute Gasteiger partial charge is 0.255 e. The van der Waals surface area contributed by atoms with Gasteiger partial charge in [0.1, 0.15) is 5.82 Å². The third-order valence-electron chi connectivity index (χ3n) is 2.70. The van der Waals surface area contributed by atoms with Crippen LogP contribution in [0.1, 0.15) is 10.4 Å². The lowest BCUT2D eigenvalue weighted by Crippen LogP contribution is -2.13. The second-order valence-corrected chi connectivity index (χ2v) is 6.54. The third kappa shape index (κ3) is 3.79. The Morgan fingerprint density at radius 1 is 1.19 bits per heavy atom. The van der Waals surface area contributed by atoms with Gasteiger partial charge < -0.3 is 11.1 Å². The minimum Gasteiger partial charge on any atom is -0.399 e. The molecule has 7 heteroatoms. The number of nitrogens with one attached hydrogen (secondary N) is 1. The highest BCUT2D eigenvalue weighted by atomic mass is 32.2. The molecule has 0 heterocycles. The van der Waals surface area contributed by atoms with Crippen LogP contribution >= 0.6 is 0 Å². The Balaban J connectivity index is 2.28. The lowest BCUT2D eigenvalue weighted by atomic mass is 10.2. The van der Waals surface area contributed by atoms with E-state index in [1.54, 1.807) is 0 Å². The van der Waals surface area contributed by atoms with Crippen LogP contribution in [0.2, 0.25) is 0 Å². The minimum atomic E-state index is -3.41. The molecule has 110 valence electrons. The van der Waals surface area contributed by atoms with Crippen LogP contribution in [-0.4, -0.2) is 20.6 Å². The van der Waals surface area contributed by atoms with Gasteiger partial charge in [-0.05, 0) is 36.4 Å². The molecule has 2 aromatic rings. The average Bonchev–Trinajstić information content (AvgIpc) is 2.36. The summed E-state index contributed by atoms with van der Waals surface area (Å²) in [5, 5.41) is 2.46. The van der Waals surface area contributed by atoms with Gasteiger partial charge in [-0.25, -0.2) is 12.8 Å². The first-order chi connectivity index (χ1) is 9.75. The summed E-state index contributed by atoms with van der Waals surface area (Å²) >= 11 is 0. The summed E-state index contributed by atoms with van der Waals surface area (Å²) in [5.41, 5.74) is 6.01. The fourth-order valence-electron chi connectivity index (χ4n) is 1.76. The Morgan fingerprint density at radius 2 is 1.90 bits per heavy atom. The molecule has 2 rings (SSSR count). The number of anilines is 2. The average molecular weight is 308 g/mol. The Hall–Kier alpha value is -2.41. The summed E-state index contributed by atoms with van der Waals surface area (Å²) in [5.74, 6) is -1.12. The molecule has 0 aliphatic heterocycles. The van der Waals surface area contributed by atoms with E-state index in [4.69, 9.17) is 5.73 Å². The highest BCUT2D eigenvalue weighted by Crippen LogP contribution is 2.17. The van der Waals surface area contributed by atoms with E-state index in [0.29, 0.717) is 0 Å². The molecule has 0 aliphatic rings. The lowest BCUT2D eigenvalue weighted by molar-refractivity contribution is 0.102. The van der Waals surface area contributed by atoms with Crippen molar-refractivity contribution in [3.05, 3.63) is 53.8 Å². The van der Waals surface area contributed by atoms with Crippen LogP contribution in [0.4, 0.5) is 15.8 Å². The number of hydrogen-bond donors (Lipinski definition) is 2. The summed E-state index contributed by atoms with van der Waals surface area (Å²) in [6.45, 7) is 0. The van der Waals surface area contributed by atoms with Crippen LogP contribution in [0.3, 0.4) is 0 Å². The summed E-state index contributed by atoms with van der Waals surface area (Å²) in [7, 11) is -3.41. The van der Waals surface area contributed by atoms with Crippen LogP contribution in [0.5, 0.6) is 0 Å². The molecule has 21 heavy (non-hydrogen) atoms. The number of amides is 1. The molecule has 0 spiro atoms. The number of carbonyl (C=O) groups is 1. The number of sulfone groups is 1. The fourth-order valence-corrected chi connectivity index (χ4v) is 2.42. The maximum absolute atomic E-state index is 13.2. The van der Waals surface area contributed by atoms with Gasteiger partial charge in [-0.1, -0.05) is 6.07 Å². The molecule has 0 saturated heterocycles. The zero-order valence-corrected chi connectivity index (χ0v) is 11.9. The molecular formula is C14H13FN2O3S. The molecule has 0 aliphatic carbocycles. The van der Waals surface area contributed by atoms with Crippen LogP contribution in [0.25, 0.3) is 0 Å². The molecule has 0 saturated carbocycles. The molecule has 0 fully saturated rings. The molecule has 0 radical (unpaired) electrons. The van der Waals surface area contributed by atoms with Gasteiger partial charge in [0.05, 0.1) is 4.90 Å². The Kier molecular flexibility index (Phi) is 3.95. The molecule has 0 bridgehead atoms. The Bertz CT molecular complexity index is 783.